The molecule has 2 saturated heterocycles. The van der Waals surface area contributed by atoms with Gasteiger partial charge in [0.25, 0.3) is 0 Å². The van der Waals surface area contributed by atoms with Gasteiger partial charge in [0.2, 0.25) is 11.7 Å². The number of likely N-dealkylation sites (tertiary alicyclic amines) is 1. The highest BCUT2D eigenvalue weighted by molar-refractivity contribution is 6.35. The molecule has 154 valence electrons. The molecule has 0 unspecified atom stereocenters. The summed E-state index contributed by atoms with van der Waals surface area (Å²) in [6.07, 6.45) is 3.63. The monoisotopic (exact) mass is 438 g/mol. The molecule has 0 radical (unpaired) electrons. The van der Waals surface area contributed by atoms with Gasteiger partial charge in [-0.2, -0.15) is 4.39 Å². The minimum Gasteiger partial charge on any atom is -0.381 e. The van der Waals surface area contributed by atoms with Crippen molar-refractivity contribution < 1.29 is 9.18 Å². The lowest BCUT2D eigenvalue weighted by Crippen LogP contribution is -2.50. The summed E-state index contributed by atoms with van der Waals surface area (Å²) in [4.78, 5) is 24.4. The van der Waals surface area contributed by atoms with Crippen molar-refractivity contribution >= 4 is 46.4 Å². The summed E-state index contributed by atoms with van der Waals surface area (Å²) in [6, 6.07) is 4.78. The summed E-state index contributed by atoms with van der Waals surface area (Å²) in [5.74, 6) is -0.565. The van der Waals surface area contributed by atoms with Gasteiger partial charge in [0.1, 0.15) is 12.4 Å². The quantitative estimate of drug-likeness (QED) is 0.761. The van der Waals surface area contributed by atoms with Crippen molar-refractivity contribution in [1.82, 2.24) is 14.9 Å². The predicted octanol–water partition coefficient (Wildman–Crippen LogP) is 3.19. The topological polar surface area (TPSA) is 87.4 Å². The number of hydrogen-bond donors (Lipinski definition) is 2. The minimum absolute atomic E-state index is 0.0124. The van der Waals surface area contributed by atoms with E-state index in [1.165, 1.54) is 6.33 Å². The molecule has 0 saturated carbocycles. The number of carbonyl (C=O) groups is 1. The second-order valence-corrected chi connectivity index (χ2v) is 8.19. The molecule has 1 aromatic carbocycles. The Kier molecular flexibility index (Phi) is 5.65. The van der Waals surface area contributed by atoms with Crippen LogP contribution in [0.15, 0.2) is 24.5 Å². The van der Waals surface area contributed by atoms with E-state index in [4.69, 9.17) is 28.9 Å². The van der Waals surface area contributed by atoms with E-state index in [0.717, 1.165) is 12.8 Å². The molecule has 10 heteroatoms. The predicted molar refractivity (Wildman–Crippen MR) is 112 cm³/mol. The first-order valence-electron chi connectivity index (χ1n) is 9.46. The van der Waals surface area contributed by atoms with Crippen LogP contribution in [-0.2, 0) is 4.79 Å². The van der Waals surface area contributed by atoms with E-state index >= 15 is 0 Å². The molecule has 2 aromatic rings. The van der Waals surface area contributed by atoms with Crippen LogP contribution in [0.2, 0.25) is 10.0 Å². The highest BCUT2D eigenvalue weighted by atomic mass is 35.5. The van der Waals surface area contributed by atoms with E-state index in [9.17, 15) is 9.18 Å². The lowest BCUT2D eigenvalue weighted by atomic mass is 10.0. The van der Waals surface area contributed by atoms with Crippen LogP contribution in [0.25, 0.3) is 0 Å². The number of nitrogens with zero attached hydrogens (tertiary/aromatic N) is 4. The summed E-state index contributed by atoms with van der Waals surface area (Å²) in [5.41, 5.74) is 6.29. The first kappa shape index (κ1) is 20.0. The lowest BCUT2D eigenvalue weighted by molar-refractivity contribution is -0.130. The number of nitrogens with two attached hydrogens (primary N) is 1. The Morgan fingerprint density at radius 3 is 2.66 bits per heavy atom. The van der Waals surface area contributed by atoms with Crippen LogP contribution in [0.3, 0.4) is 0 Å². The molecule has 7 nitrogen and oxygen atoms in total. The maximum absolute atomic E-state index is 14.3. The number of nitrogens with one attached hydrogen (secondary N) is 1. The number of amides is 1. The first-order chi connectivity index (χ1) is 13.9. The van der Waals surface area contributed by atoms with Crippen LogP contribution < -0.4 is 16.0 Å². The van der Waals surface area contributed by atoms with E-state index < -0.39 is 5.82 Å². The van der Waals surface area contributed by atoms with E-state index in [0.29, 0.717) is 41.8 Å². The van der Waals surface area contributed by atoms with E-state index in [1.54, 1.807) is 18.2 Å². The van der Waals surface area contributed by atoms with Crippen LogP contribution in [0.4, 0.5) is 21.7 Å². The fourth-order valence-electron chi connectivity index (χ4n) is 4.03. The third-order valence-corrected chi connectivity index (χ3v) is 5.81. The van der Waals surface area contributed by atoms with E-state index in [2.05, 4.69) is 15.3 Å². The molecule has 2 fully saturated rings. The molecule has 2 aliphatic rings. The molecular formula is C19H21Cl2FN6O. The molecule has 2 aliphatic heterocycles. The Morgan fingerprint density at radius 1 is 1.14 bits per heavy atom. The van der Waals surface area contributed by atoms with Gasteiger partial charge in [0, 0.05) is 41.4 Å². The largest absolute Gasteiger partial charge is 0.381 e. The number of nitrogen functional groups attached to an aromatic ring is 1. The molecule has 4 rings (SSSR count). The van der Waals surface area contributed by atoms with Crippen molar-refractivity contribution in [2.24, 2.45) is 0 Å². The zero-order valence-electron chi connectivity index (χ0n) is 15.6. The summed E-state index contributed by atoms with van der Waals surface area (Å²) in [5, 5.41) is 4.25. The summed E-state index contributed by atoms with van der Waals surface area (Å²) in [7, 11) is 0. The SMILES string of the molecule is Nc1ncnc(N2CCC[C@@H](N3CC[C@@H](Nc4cc(Cl)cc(Cl)c4)C3=O)C2)c1F. The Balaban J connectivity index is 1.45. The molecular weight excluding hydrogens is 418 g/mol. The Labute approximate surface area is 178 Å². The second-order valence-electron chi connectivity index (χ2n) is 7.31. The molecule has 3 heterocycles. The van der Waals surface area contributed by atoms with Gasteiger partial charge in [-0.3, -0.25) is 4.79 Å². The van der Waals surface area contributed by atoms with Crippen LogP contribution in [0.1, 0.15) is 19.3 Å². The average Bonchev–Trinajstić information content (AvgIpc) is 3.04. The molecule has 0 spiro atoms. The number of piperidine rings is 1. The number of rotatable bonds is 4. The molecule has 0 bridgehead atoms. The lowest BCUT2D eigenvalue weighted by Gasteiger charge is -2.38. The maximum Gasteiger partial charge on any atom is 0.245 e. The summed E-state index contributed by atoms with van der Waals surface area (Å²) in [6.45, 7) is 1.81. The number of anilines is 3. The van der Waals surface area contributed by atoms with Crippen molar-refractivity contribution in [3.63, 3.8) is 0 Å². The van der Waals surface area contributed by atoms with Gasteiger partial charge in [-0.05, 0) is 37.5 Å². The van der Waals surface area contributed by atoms with Crippen molar-refractivity contribution in [3.05, 3.63) is 40.4 Å². The van der Waals surface area contributed by atoms with Crippen molar-refractivity contribution in [2.45, 2.75) is 31.3 Å². The van der Waals surface area contributed by atoms with Gasteiger partial charge in [0.15, 0.2) is 11.6 Å². The van der Waals surface area contributed by atoms with Gasteiger partial charge < -0.3 is 20.9 Å². The first-order valence-corrected chi connectivity index (χ1v) is 10.2. The summed E-state index contributed by atoms with van der Waals surface area (Å²) >= 11 is 12.1. The molecule has 1 amide bonds. The van der Waals surface area contributed by atoms with E-state index in [-0.39, 0.29) is 29.6 Å². The minimum atomic E-state index is -0.613. The van der Waals surface area contributed by atoms with Crippen molar-refractivity contribution in [2.75, 3.05) is 35.6 Å². The van der Waals surface area contributed by atoms with Crippen LogP contribution in [0.5, 0.6) is 0 Å². The van der Waals surface area contributed by atoms with Gasteiger partial charge in [0.05, 0.1) is 0 Å². The second kappa shape index (κ2) is 8.20. The van der Waals surface area contributed by atoms with Crippen LogP contribution >= 0.6 is 23.2 Å². The number of halogens is 3. The third-order valence-electron chi connectivity index (χ3n) is 5.38. The van der Waals surface area contributed by atoms with Gasteiger partial charge in [-0.15, -0.1) is 0 Å². The zero-order valence-corrected chi connectivity index (χ0v) is 17.1. The van der Waals surface area contributed by atoms with Gasteiger partial charge in [-0.25, -0.2) is 9.97 Å². The Bertz CT molecular complexity index is 909. The molecule has 29 heavy (non-hydrogen) atoms. The highest BCUT2D eigenvalue weighted by Crippen LogP contribution is 2.29. The maximum atomic E-state index is 14.3. The Morgan fingerprint density at radius 2 is 1.90 bits per heavy atom. The summed E-state index contributed by atoms with van der Waals surface area (Å²) < 4.78 is 14.3. The molecule has 1 aromatic heterocycles. The van der Waals surface area contributed by atoms with Gasteiger partial charge in [-0.1, -0.05) is 23.2 Å². The average molecular weight is 439 g/mol. The normalized spacial score (nSPS) is 22.2. The number of aromatic nitrogens is 2. The van der Waals surface area contributed by atoms with Crippen molar-refractivity contribution in [1.29, 1.82) is 0 Å². The smallest absolute Gasteiger partial charge is 0.245 e. The highest BCUT2D eigenvalue weighted by Gasteiger charge is 2.38. The van der Waals surface area contributed by atoms with Crippen LogP contribution in [-0.4, -0.2) is 52.5 Å². The number of hydrogen-bond acceptors (Lipinski definition) is 6. The van der Waals surface area contributed by atoms with E-state index in [1.807, 2.05) is 9.80 Å². The van der Waals surface area contributed by atoms with Gasteiger partial charge >= 0.3 is 0 Å². The van der Waals surface area contributed by atoms with Crippen LogP contribution in [0, 0.1) is 5.82 Å². The standard InChI is InChI=1S/C19H21Cl2FN6O/c20-11-6-12(21)8-13(7-11)26-15-3-5-28(19(15)29)14-2-1-4-27(9-14)18-16(22)17(23)24-10-25-18/h6-8,10,14-15,26H,1-5,9H2,(H2,23,24,25)/t14-,15-/m1/s1. The number of benzene rings is 1. The molecule has 2 atom stereocenters. The fraction of sp³-hybridized carbons (Fsp3) is 0.421. The van der Waals surface area contributed by atoms with Crippen molar-refractivity contribution in [3.8, 4) is 0 Å². The third kappa shape index (κ3) is 4.18. The molecule has 3 N–H and O–H groups in total. The number of carbonyl (C=O) groups excluding carboxylic acids is 1. The fourth-order valence-corrected chi connectivity index (χ4v) is 4.56. The Hall–Kier alpha value is -2.32. The zero-order chi connectivity index (χ0) is 20.5. The molecule has 0 aliphatic carbocycles.